The largest absolute Gasteiger partial charge is 0.374 e. The second kappa shape index (κ2) is 5.98. The zero-order valence-corrected chi connectivity index (χ0v) is 9.67. The smallest absolute Gasteiger partial charge is 0.261 e. The third-order valence-corrected chi connectivity index (χ3v) is 3.03. The van der Waals surface area contributed by atoms with Gasteiger partial charge in [0.2, 0.25) is 0 Å². The van der Waals surface area contributed by atoms with E-state index < -0.39 is 13.0 Å². The summed E-state index contributed by atoms with van der Waals surface area (Å²) < 4.78 is 34.2. The molecule has 3 atom stereocenters. The van der Waals surface area contributed by atoms with Crippen LogP contribution in [0.15, 0.2) is 0 Å². The van der Waals surface area contributed by atoms with Gasteiger partial charge in [-0.3, -0.25) is 0 Å². The minimum atomic E-state index is -2.39. The van der Waals surface area contributed by atoms with Crippen LogP contribution in [0.3, 0.4) is 0 Å². The van der Waals surface area contributed by atoms with Crippen LogP contribution in [0, 0.1) is 0 Å². The molecular formula is C9H15BrF2O2. The highest BCUT2D eigenvalue weighted by molar-refractivity contribution is 9.09. The maximum absolute atomic E-state index is 11.9. The predicted molar refractivity (Wildman–Crippen MR) is 53.1 cm³/mol. The first-order valence-electron chi connectivity index (χ1n) is 4.80. The summed E-state index contributed by atoms with van der Waals surface area (Å²) in [5.74, 6) is 0. The highest BCUT2D eigenvalue weighted by Gasteiger charge is 2.41. The first-order valence-corrected chi connectivity index (χ1v) is 5.72. The number of halogens is 3. The summed E-state index contributed by atoms with van der Waals surface area (Å²) >= 11 is 3.41. The van der Waals surface area contributed by atoms with Crippen LogP contribution in [-0.2, 0) is 9.47 Å². The van der Waals surface area contributed by atoms with Crippen molar-refractivity contribution in [3.8, 4) is 0 Å². The normalized spacial score (nSPS) is 31.9. The quantitative estimate of drug-likeness (QED) is 0.692. The van der Waals surface area contributed by atoms with Crippen molar-refractivity contribution in [1.29, 1.82) is 0 Å². The molecule has 3 unspecified atom stereocenters. The molecule has 1 saturated carbocycles. The van der Waals surface area contributed by atoms with E-state index in [1.165, 1.54) is 0 Å². The monoisotopic (exact) mass is 272 g/mol. The minimum Gasteiger partial charge on any atom is -0.374 e. The Bertz CT molecular complexity index is 169. The number of alkyl halides is 3. The van der Waals surface area contributed by atoms with Crippen LogP contribution < -0.4 is 0 Å². The van der Waals surface area contributed by atoms with Gasteiger partial charge in [0.15, 0.2) is 0 Å². The van der Waals surface area contributed by atoms with Gasteiger partial charge >= 0.3 is 0 Å². The lowest BCUT2D eigenvalue weighted by molar-refractivity contribution is -0.138. The van der Waals surface area contributed by atoms with E-state index >= 15 is 0 Å². The number of ether oxygens (including phenoxy) is 2. The van der Waals surface area contributed by atoms with Gasteiger partial charge < -0.3 is 9.47 Å². The van der Waals surface area contributed by atoms with Crippen LogP contribution in [-0.4, -0.2) is 36.7 Å². The molecule has 0 aliphatic heterocycles. The lowest BCUT2D eigenvalue weighted by Crippen LogP contribution is -2.51. The van der Waals surface area contributed by atoms with Gasteiger partial charge in [-0.05, 0) is 12.8 Å². The molecule has 1 aliphatic rings. The second-order valence-electron chi connectivity index (χ2n) is 3.35. The highest BCUT2D eigenvalue weighted by atomic mass is 79.9. The lowest BCUT2D eigenvalue weighted by atomic mass is 9.91. The Morgan fingerprint density at radius 3 is 2.64 bits per heavy atom. The van der Waals surface area contributed by atoms with Crippen molar-refractivity contribution in [2.45, 2.75) is 43.2 Å². The summed E-state index contributed by atoms with van der Waals surface area (Å²) in [6, 6.07) is 0. The fraction of sp³-hybridized carbons (Fsp3) is 1.00. The van der Waals surface area contributed by atoms with E-state index in [4.69, 9.17) is 9.47 Å². The van der Waals surface area contributed by atoms with E-state index in [1.807, 2.05) is 6.92 Å². The molecule has 1 aliphatic carbocycles. The molecule has 0 spiro atoms. The molecule has 0 heterocycles. The van der Waals surface area contributed by atoms with Gasteiger partial charge in [-0.2, -0.15) is 0 Å². The van der Waals surface area contributed by atoms with Crippen LogP contribution >= 0.6 is 15.9 Å². The Labute approximate surface area is 91.1 Å². The molecule has 0 aromatic heterocycles. The maximum Gasteiger partial charge on any atom is 0.261 e. The van der Waals surface area contributed by atoms with Crippen molar-refractivity contribution in [3.05, 3.63) is 0 Å². The molecule has 5 heteroatoms. The Balaban J connectivity index is 2.19. The van der Waals surface area contributed by atoms with Crippen molar-refractivity contribution in [2.75, 3.05) is 13.2 Å². The van der Waals surface area contributed by atoms with Crippen molar-refractivity contribution in [2.24, 2.45) is 0 Å². The van der Waals surface area contributed by atoms with E-state index in [9.17, 15) is 8.78 Å². The van der Waals surface area contributed by atoms with Gasteiger partial charge in [0.25, 0.3) is 6.43 Å². The topological polar surface area (TPSA) is 18.5 Å². The first-order chi connectivity index (χ1) is 6.65. The first kappa shape index (κ1) is 12.3. The summed E-state index contributed by atoms with van der Waals surface area (Å²) in [5, 5.41) is 0. The van der Waals surface area contributed by atoms with E-state index in [2.05, 4.69) is 15.9 Å². The van der Waals surface area contributed by atoms with E-state index in [1.54, 1.807) is 0 Å². The van der Waals surface area contributed by atoms with Crippen LogP contribution in [0.25, 0.3) is 0 Å². The third kappa shape index (κ3) is 3.44. The van der Waals surface area contributed by atoms with Gasteiger partial charge in [-0.15, -0.1) is 0 Å². The zero-order valence-electron chi connectivity index (χ0n) is 8.09. The summed E-state index contributed by atoms with van der Waals surface area (Å²) in [4.78, 5) is 0.247. The Kier molecular flexibility index (Phi) is 5.26. The Morgan fingerprint density at radius 1 is 1.43 bits per heavy atom. The van der Waals surface area contributed by atoms with Crippen molar-refractivity contribution in [1.82, 2.24) is 0 Å². The molecule has 0 amide bonds. The zero-order chi connectivity index (χ0) is 10.6. The van der Waals surface area contributed by atoms with E-state index in [0.29, 0.717) is 6.61 Å². The fourth-order valence-electron chi connectivity index (χ4n) is 1.35. The number of hydrogen-bond acceptors (Lipinski definition) is 2. The molecule has 1 rings (SSSR count). The molecule has 0 saturated heterocycles. The van der Waals surface area contributed by atoms with Crippen LogP contribution in [0.5, 0.6) is 0 Å². The highest BCUT2D eigenvalue weighted by Crippen LogP contribution is 2.33. The summed E-state index contributed by atoms with van der Waals surface area (Å²) in [6.45, 7) is 2.18. The lowest BCUT2D eigenvalue weighted by Gasteiger charge is -2.40. The summed E-state index contributed by atoms with van der Waals surface area (Å²) in [5.41, 5.74) is 0. The van der Waals surface area contributed by atoms with Crippen molar-refractivity contribution in [3.63, 3.8) is 0 Å². The second-order valence-corrected chi connectivity index (χ2v) is 4.53. The molecule has 0 bridgehead atoms. The van der Waals surface area contributed by atoms with Gasteiger partial charge in [0, 0.05) is 11.4 Å². The summed E-state index contributed by atoms with van der Waals surface area (Å²) in [6.07, 6.45) is -0.941. The minimum absolute atomic E-state index is 0.0614. The molecule has 0 N–H and O–H groups in total. The van der Waals surface area contributed by atoms with E-state index in [0.717, 1.165) is 12.8 Å². The van der Waals surface area contributed by atoms with Gasteiger partial charge in [0.05, 0.1) is 12.2 Å². The molecule has 0 aromatic rings. The fourth-order valence-corrected chi connectivity index (χ4v) is 2.21. The molecule has 14 heavy (non-hydrogen) atoms. The SMILES string of the molecule is CCCOC1C(Br)CC1OCC(F)F. The third-order valence-electron chi connectivity index (χ3n) is 2.13. The van der Waals surface area contributed by atoms with Gasteiger partial charge in [-0.25, -0.2) is 8.78 Å². The molecule has 0 radical (unpaired) electrons. The number of hydrogen-bond donors (Lipinski definition) is 0. The molecular weight excluding hydrogens is 258 g/mol. The molecule has 84 valence electrons. The molecule has 2 nitrogen and oxygen atoms in total. The summed E-state index contributed by atoms with van der Waals surface area (Å²) in [7, 11) is 0. The molecule has 0 aromatic carbocycles. The average Bonchev–Trinajstić information content (AvgIpc) is 2.12. The van der Waals surface area contributed by atoms with Gasteiger partial charge in [0.1, 0.15) is 6.61 Å². The van der Waals surface area contributed by atoms with Gasteiger partial charge in [-0.1, -0.05) is 22.9 Å². The Morgan fingerprint density at radius 2 is 2.14 bits per heavy atom. The van der Waals surface area contributed by atoms with Crippen molar-refractivity contribution < 1.29 is 18.3 Å². The molecule has 1 fully saturated rings. The average molecular weight is 273 g/mol. The standard InChI is InChI=1S/C9H15BrF2O2/c1-2-3-13-9-6(10)4-7(9)14-5-8(11)12/h6-9H,2-5H2,1H3. The van der Waals surface area contributed by atoms with Crippen molar-refractivity contribution >= 4 is 15.9 Å². The van der Waals surface area contributed by atoms with Crippen LogP contribution in [0.2, 0.25) is 0 Å². The van der Waals surface area contributed by atoms with Crippen LogP contribution in [0.4, 0.5) is 8.78 Å². The predicted octanol–water partition coefficient (Wildman–Crippen LogP) is 2.60. The van der Waals surface area contributed by atoms with Crippen LogP contribution in [0.1, 0.15) is 19.8 Å². The Hall–Kier alpha value is 0.260. The van der Waals surface area contributed by atoms with E-state index in [-0.39, 0.29) is 17.0 Å². The maximum atomic E-state index is 11.9. The number of rotatable bonds is 6.